The van der Waals surface area contributed by atoms with Crippen molar-refractivity contribution in [3.63, 3.8) is 0 Å². The van der Waals surface area contributed by atoms with Gasteiger partial charge in [-0.2, -0.15) is 5.10 Å². The number of rotatable bonds is 11. The molecule has 0 aromatic heterocycles. The van der Waals surface area contributed by atoms with E-state index >= 15 is 0 Å². The number of nitro benzene ring substituents is 2. The molecule has 0 aliphatic rings. The average Bonchev–Trinajstić information content (AvgIpc) is 2.74. The molecule has 0 aliphatic carbocycles. The van der Waals surface area contributed by atoms with E-state index in [4.69, 9.17) is 4.74 Å². The van der Waals surface area contributed by atoms with Crippen LogP contribution in [0, 0.1) is 20.2 Å². The lowest BCUT2D eigenvalue weighted by atomic mass is 10.1. The molecular weight excluding hydrogens is 412 g/mol. The molecule has 0 bridgehead atoms. The SMILES string of the molecule is CC(C)=CCC/C(C)=C/COc1ccc(/C=N/Nc2ccc([N+](=O)[O-])cc2[N+](=O)[O-])cc1. The molecule has 0 atom stereocenters. The summed E-state index contributed by atoms with van der Waals surface area (Å²) < 4.78 is 5.72. The van der Waals surface area contributed by atoms with Crippen molar-refractivity contribution < 1.29 is 14.6 Å². The van der Waals surface area contributed by atoms with Gasteiger partial charge in [-0.25, -0.2) is 0 Å². The highest BCUT2D eigenvalue weighted by Gasteiger charge is 2.19. The monoisotopic (exact) mass is 438 g/mol. The number of benzene rings is 2. The van der Waals surface area contributed by atoms with E-state index in [-0.39, 0.29) is 11.4 Å². The van der Waals surface area contributed by atoms with Crippen molar-refractivity contribution in [3.05, 3.63) is 91.6 Å². The molecule has 0 unspecified atom stereocenters. The lowest BCUT2D eigenvalue weighted by Crippen LogP contribution is -1.99. The minimum absolute atomic E-state index is 0.0588. The molecule has 0 fully saturated rings. The molecular formula is C23H26N4O5. The normalized spacial score (nSPS) is 11.3. The van der Waals surface area contributed by atoms with E-state index in [1.54, 1.807) is 12.1 Å². The summed E-state index contributed by atoms with van der Waals surface area (Å²) in [6.07, 6.45) is 7.80. The Labute approximate surface area is 186 Å². The summed E-state index contributed by atoms with van der Waals surface area (Å²) in [7, 11) is 0. The van der Waals surface area contributed by atoms with Crippen LogP contribution in [0.1, 0.15) is 39.2 Å². The van der Waals surface area contributed by atoms with Gasteiger partial charge in [0, 0.05) is 6.07 Å². The first-order valence-electron chi connectivity index (χ1n) is 10.00. The molecule has 0 aliphatic heterocycles. The van der Waals surface area contributed by atoms with Crippen molar-refractivity contribution in [2.24, 2.45) is 5.10 Å². The molecule has 2 aromatic rings. The van der Waals surface area contributed by atoms with Crippen LogP contribution < -0.4 is 10.2 Å². The van der Waals surface area contributed by atoms with E-state index in [1.165, 1.54) is 29.5 Å². The number of nitrogens with one attached hydrogen (secondary N) is 1. The molecule has 0 radical (unpaired) electrons. The number of hydrogen-bond donors (Lipinski definition) is 1. The number of allylic oxidation sites excluding steroid dienone is 3. The predicted octanol–water partition coefficient (Wildman–Crippen LogP) is 6.02. The van der Waals surface area contributed by atoms with E-state index < -0.39 is 15.5 Å². The molecule has 32 heavy (non-hydrogen) atoms. The van der Waals surface area contributed by atoms with Crippen molar-refractivity contribution in [1.29, 1.82) is 0 Å². The third-order valence-electron chi connectivity index (χ3n) is 4.44. The molecule has 0 saturated heterocycles. The van der Waals surface area contributed by atoms with Gasteiger partial charge >= 0.3 is 5.69 Å². The molecule has 2 aromatic carbocycles. The zero-order valence-electron chi connectivity index (χ0n) is 18.3. The zero-order valence-corrected chi connectivity index (χ0v) is 18.3. The standard InChI is InChI=1S/C23H26N4O5/c1-17(2)5-4-6-18(3)13-14-32-21-10-7-19(8-11-21)16-24-25-22-12-9-20(26(28)29)15-23(22)27(30)31/h5,7-13,15-16,25H,4,6,14H2,1-3H3/b18-13+,24-16+. The Morgan fingerprint density at radius 1 is 1.03 bits per heavy atom. The van der Waals surface area contributed by atoms with Crippen LogP contribution in [0.25, 0.3) is 0 Å². The summed E-state index contributed by atoms with van der Waals surface area (Å²) >= 11 is 0. The van der Waals surface area contributed by atoms with Crippen molar-refractivity contribution in [3.8, 4) is 5.75 Å². The number of hydrazone groups is 1. The fourth-order valence-electron chi connectivity index (χ4n) is 2.68. The third kappa shape index (κ3) is 8.02. The maximum Gasteiger partial charge on any atom is 0.301 e. The van der Waals surface area contributed by atoms with E-state index in [0.717, 1.165) is 30.2 Å². The number of anilines is 1. The lowest BCUT2D eigenvalue weighted by Gasteiger charge is -2.05. The summed E-state index contributed by atoms with van der Waals surface area (Å²) in [5.74, 6) is 0.717. The fraction of sp³-hybridized carbons (Fsp3) is 0.261. The van der Waals surface area contributed by atoms with Crippen molar-refractivity contribution in [2.45, 2.75) is 33.6 Å². The molecule has 0 amide bonds. The van der Waals surface area contributed by atoms with Gasteiger partial charge in [0.15, 0.2) is 0 Å². The Morgan fingerprint density at radius 2 is 1.75 bits per heavy atom. The topological polar surface area (TPSA) is 120 Å². The van der Waals surface area contributed by atoms with Crippen LogP contribution in [0.3, 0.4) is 0 Å². The van der Waals surface area contributed by atoms with Crippen molar-refractivity contribution >= 4 is 23.3 Å². The zero-order chi connectivity index (χ0) is 23.5. The number of nitro groups is 2. The van der Waals surface area contributed by atoms with E-state index in [0.29, 0.717) is 6.61 Å². The highest BCUT2D eigenvalue weighted by Crippen LogP contribution is 2.28. The van der Waals surface area contributed by atoms with Crippen LogP contribution >= 0.6 is 0 Å². The first kappa shape index (κ1) is 24.3. The molecule has 1 N–H and O–H groups in total. The van der Waals surface area contributed by atoms with E-state index in [1.807, 2.05) is 12.1 Å². The Bertz CT molecular complexity index is 1040. The summed E-state index contributed by atoms with van der Waals surface area (Å²) in [6, 6.07) is 10.5. The smallest absolute Gasteiger partial charge is 0.301 e. The maximum atomic E-state index is 11.1. The second kappa shape index (κ2) is 12.0. The molecule has 0 saturated carbocycles. The Morgan fingerprint density at radius 3 is 2.38 bits per heavy atom. The van der Waals surface area contributed by atoms with Gasteiger partial charge in [0.1, 0.15) is 18.0 Å². The van der Waals surface area contributed by atoms with Crippen molar-refractivity contribution in [2.75, 3.05) is 12.0 Å². The summed E-state index contributed by atoms with van der Waals surface area (Å²) in [5, 5.41) is 25.9. The fourth-order valence-corrected chi connectivity index (χ4v) is 2.68. The van der Waals surface area contributed by atoms with Gasteiger partial charge in [-0.3, -0.25) is 25.7 Å². The van der Waals surface area contributed by atoms with Gasteiger partial charge in [0.2, 0.25) is 0 Å². The molecule has 0 heterocycles. The van der Waals surface area contributed by atoms with Gasteiger partial charge in [-0.05, 0) is 75.6 Å². The Kier molecular flexibility index (Phi) is 9.09. The predicted molar refractivity (Wildman–Crippen MR) is 125 cm³/mol. The Hall–Kier alpha value is -4.01. The number of hydrogen-bond acceptors (Lipinski definition) is 7. The third-order valence-corrected chi connectivity index (χ3v) is 4.44. The minimum Gasteiger partial charge on any atom is -0.490 e. The van der Waals surface area contributed by atoms with Crippen LogP contribution in [-0.4, -0.2) is 22.7 Å². The molecule has 9 heteroatoms. The lowest BCUT2D eigenvalue weighted by molar-refractivity contribution is -0.393. The van der Waals surface area contributed by atoms with Gasteiger partial charge in [-0.15, -0.1) is 0 Å². The second-order valence-corrected chi connectivity index (χ2v) is 7.34. The largest absolute Gasteiger partial charge is 0.490 e. The van der Waals surface area contributed by atoms with E-state index in [9.17, 15) is 20.2 Å². The second-order valence-electron chi connectivity index (χ2n) is 7.34. The number of nitrogens with zero attached hydrogens (tertiary/aromatic N) is 3. The van der Waals surface area contributed by atoms with Crippen LogP contribution in [-0.2, 0) is 0 Å². The number of non-ortho nitro benzene ring substituents is 1. The highest BCUT2D eigenvalue weighted by molar-refractivity contribution is 5.80. The molecule has 168 valence electrons. The van der Waals surface area contributed by atoms with Crippen LogP contribution in [0.2, 0.25) is 0 Å². The first-order chi connectivity index (χ1) is 15.3. The van der Waals surface area contributed by atoms with Gasteiger partial charge in [-0.1, -0.05) is 17.2 Å². The minimum atomic E-state index is -0.700. The van der Waals surface area contributed by atoms with Gasteiger partial charge in [0.25, 0.3) is 5.69 Å². The average molecular weight is 438 g/mol. The van der Waals surface area contributed by atoms with Crippen LogP contribution in [0.5, 0.6) is 5.75 Å². The first-order valence-corrected chi connectivity index (χ1v) is 10.00. The summed E-state index contributed by atoms with van der Waals surface area (Å²) in [5.41, 5.74) is 5.17. The van der Waals surface area contributed by atoms with Gasteiger partial charge in [0.05, 0.1) is 22.1 Å². The number of ether oxygens (including phenoxy) is 1. The summed E-state index contributed by atoms with van der Waals surface area (Å²) in [4.78, 5) is 20.6. The maximum absolute atomic E-state index is 11.1. The molecule has 0 spiro atoms. The van der Waals surface area contributed by atoms with Crippen LogP contribution in [0.4, 0.5) is 17.1 Å². The van der Waals surface area contributed by atoms with Crippen LogP contribution in [0.15, 0.2) is 70.9 Å². The molecule has 9 nitrogen and oxygen atoms in total. The Balaban J connectivity index is 1.91. The highest BCUT2D eigenvalue weighted by atomic mass is 16.6. The van der Waals surface area contributed by atoms with Crippen molar-refractivity contribution in [1.82, 2.24) is 0 Å². The van der Waals surface area contributed by atoms with E-state index in [2.05, 4.69) is 43.5 Å². The quantitative estimate of drug-likeness (QED) is 0.198. The van der Waals surface area contributed by atoms with Gasteiger partial charge < -0.3 is 4.74 Å². The summed E-state index contributed by atoms with van der Waals surface area (Å²) in [6.45, 7) is 6.75. The molecule has 2 rings (SSSR count).